The van der Waals surface area contributed by atoms with Gasteiger partial charge in [-0.05, 0) is 30.8 Å². The van der Waals surface area contributed by atoms with Gasteiger partial charge < -0.3 is 33.8 Å². The minimum absolute atomic E-state index is 0. The Balaban J connectivity index is 0. The highest BCUT2D eigenvalue weighted by atomic mass is 127. The topological polar surface area (TPSA) is 29.1 Å². The second-order valence-corrected chi connectivity index (χ2v) is 12.3. The number of unbranched alkanes of at least 4 members (excludes halogenated alkanes) is 16. The third kappa shape index (κ3) is 32.5. The van der Waals surface area contributed by atoms with Crippen molar-refractivity contribution in [3.05, 3.63) is 0 Å². The first-order valence-corrected chi connectivity index (χ1v) is 15.8. The molecule has 5 heteroatoms. The molecule has 0 unspecified atom stereocenters. The third-order valence-corrected chi connectivity index (χ3v) is 7.57. The molecule has 0 aromatic rings. The standard InChI is InChI=1S/C29H60N2OS.HI/c1-5-6-7-8-9-10-11-12-13-14-15-16-17-18-19-21-27-33-28-22-20-24-29(32)30-25-23-26-31(2,3)4;/h5-28H2,1-4H3;1H. The van der Waals surface area contributed by atoms with Gasteiger partial charge in [0, 0.05) is 19.4 Å². The van der Waals surface area contributed by atoms with Gasteiger partial charge in [0.05, 0.1) is 27.7 Å². The summed E-state index contributed by atoms with van der Waals surface area (Å²) in [6, 6.07) is 0. The summed E-state index contributed by atoms with van der Waals surface area (Å²) in [7, 11) is 6.58. The number of hydrogen-bond donors (Lipinski definition) is 1. The van der Waals surface area contributed by atoms with Crippen molar-refractivity contribution in [2.45, 2.75) is 135 Å². The molecule has 0 saturated carbocycles. The molecule has 0 aliphatic carbocycles. The molecule has 0 radical (unpaired) electrons. The zero-order chi connectivity index (χ0) is 24.5. The number of rotatable bonds is 26. The van der Waals surface area contributed by atoms with Crippen LogP contribution in [0.3, 0.4) is 0 Å². The van der Waals surface area contributed by atoms with Crippen LogP contribution in [0.5, 0.6) is 0 Å². The van der Waals surface area contributed by atoms with Crippen LogP contribution in [0.1, 0.15) is 135 Å². The Bertz CT molecular complexity index is 415. The first-order chi connectivity index (χ1) is 16.0. The molecule has 0 aliphatic heterocycles. The molecule has 0 fully saturated rings. The molecule has 1 N–H and O–H groups in total. The van der Waals surface area contributed by atoms with Crippen LogP contribution in [-0.4, -0.2) is 56.1 Å². The average Bonchev–Trinajstić information content (AvgIpc) is 2.77. The van der Waals surface area contributed by atoms with Crippen molar-refractivity contribution >= 4 is 17.7 Å². The first-order valence-electron chi connectivity index (χ1n) is 14.6. The summed E-state index contributed by atoms with van der Waals surface area (Å²) in [4.78, 5) is 11.8. The van der Waals surface area contributed by atoms with E-state index in [4.69, 9.17) is 0 Å². The van der Waals surface area contributed by atoms with E-state index in [9.17, 15) is 4.79 Å². The number of thioether (sulfide) groups is 1. The number of halogens is 1. The van der Waals surface area contributed by atoms with Gasteiger partial charge in [-0.2, -0.15) is 11.8 Å². The summed E-state index contributed by atoms with van der Waals surface area (Å²) in [6.07, 6.45) is 27.0. The summed E-state index contributed by atoms with van der Waals surface area (Å²) < 4.78 is 0.965. The van der Waals surface area contributed by atoms with Gasteiger partial charge in [0.1, 0.15) is 0 Å². The third-order valence-electron chi connectivity index (χ3n) is 6.41. The lowest BCUT2D eigenvalue weighted by atomic mass is 10.0. The molecular weight excluding hydrogens is 551 g/mol. The van der Waals surface area contributed by atoms with Gasteiger partial charge in [0.2, 0.25) is 5.91 Å². The van der Waals surface area contributed by atoms with Crippen molar-refractivity contribution in [3.8, 4) is 0 Å². The molecule has 0 aromatic heterocycles. The molecule has 0 aromatic carbocycles. The maximum atomic E-state index is 11.8. The SMILES string of the molecule is CCCCCCCCCCCCCCCCCCSCCCCC(=O)NCCC[N+](C)(C)C.[I-]. The Hall–Kier alpha value is 0.510. The average molecular weight is 613 g/mol. The fourth-order valence-electron chi connectivity index (χ4n) is 4.21. The first kappa shape index (κ1) is 36.7. The lowest BCUT2D eigenvalue weighted by Crippen LogP contribution is -3.00. The monoisotopic (exact) mass is 612 g/mol. The fourth-order valence-corrected chi connectivity index (χ4v) is 5.23. The zero-order valence-electron chi connectivity index (χ0n) is 23.6. The molecule has 0 atom stereocenters. The number of carbonyl (C=O) groups is 1. The van der Waals surface area contributed by atoms with E-state index >= 15 is 0 Å². The van der Waals surface area contributed by atoms with Gasteiger partial charge in [-0.3, -0.25) is 4.79 Å². The van der Waals surface area contributed by atoms with E-state index in [1.165, 1.54) is 121 Å². The Morgan fingerprint density at radius 2 is 1.03 bits per heavy atom. The van der Waals surface area contributed by atoms with Crippen molar-refractivity contribution in [2.24, 2.45) is 0 Å². The highest BCUT2D eigenvalue weighted by molar-refractivity contribution is 7.99. The maximum Gasteiger partial charge on any atom is 0.219 e. The normalized spacial score (nSPS) is 11.4. The highest BCUT2D eigenvalue weighted by Crippen LogP contribution is 2.15. The Labute approximate surface area is 236 Å². The predicted octanol–water partition coefficient (Wildman–Crippen LogP) is 5.37. The van der Waals surface area contributed by atoms with Crippen LogP contribution < -0.4 is 29.3 Å². The number of nitrogens with one attached hydrogen (secondary N) is 1. The summed E-state index contributed by atoms with van der Waals surface area (Å²) in [6.45, 7) is 4.22. The van der Waals surface area contributed by atoms with Crippen molar-refractivity contribution in [1.29, 1.82) is 0 Å². The van der Waals surface area contributed by atoms with E-state index in [2.05, 4.69) is 45.1 Å². The second kappa shape index (κ2) is 28.1. The number of carbonyl (C=O) groups excluding carboxylic acids is 1. The Morgan fingerprint density at radius 1 is 0.618 bits per heavy atom. The molecule has 0 rings (SSSR count). The van der Waals surface area contributed by atoms with Crippen LogP contribution in [0.2, 0.25) is 0 Å². The number of nitrogens with zero attached hydrogens (tertiary/aromatic N) is 1. The van der Waals surface area contributed by atoms with E-state index in [1.54, 1.807) is 0 Å². The lowest BCUT2D eigenvalue weighted by Gasteiger charge is -2.23. The molecule has 3 nitrogen and oxygen atoms in total. The molecule has 0 aliphatic rings. The van der Waals surface area contributed by atoms with Gasteiger partial charge in [0.25, 0.3) is 0 Å². The summed E-state index contributed by atoms with van der Waals surface area (Å²) in [5, 5.41) is 3.06. The van der Waals surface area contributed by atoms with Crippen molar-refractivity contribution in [3.63, 3.8) is 0 Å². The van der Waals surface area contributed by atoms with Crippen LogP contribution in [0.25, 0.3) is 0 Å². The number of quaternary nitrogens is 1. The predicted molar refractivity (Wildman–Crippen MR) is 151 cm³/mol. The summed E-state index contributed by atoms with van der Waals surface area (Å²) in [5.41, 5.74) is 0. The minimum Gasteiger partial charge on any atom is -1.00 e. The fraction of sp³-hybridized carbons (Fsp3) is 0.966. The Morgan fingerprint density at radius 3 is 1.47 bits per heavy atom. The molecule has 0 saturated heterocycles. The van der Waals surface area contributed by atoms with Gasteiger partial charge in [-0.1, -0.05) is 103 Å². The van der Waals surface area contributed by atoms with Crippen LogP contribution in [-0.2, 0) is 4.79 Å². The van der Waals surface area contributed by atoms with Gasteiger partial charge in [0.15, 0.2) is 0 Å². The van der Waals surface area contributed by atoms with E-state index in [0.29, 0.717) is 6.42 Å². The highest BCUT2D eigenvalue weighted by Gasteiger charge is 2.06. The van der Waals surface area contributed by atoms with Crippen molar-refractivity contribution in [2.75, 3.05) is 45.7 Å². The second-order valence-electron chi connectivity index (χ2n) is 11.1. The van der Waals surface area contributed by atoms with Crippen LogP contribution in [0.4, 0.5) is 0 Å². The van der Waals surface area contributed by atoms with Crippen molar-refractivity contribution in [1.82, 2.24) is 5.32 Å². The van der Waals surface area contributed by atoms with E-state index in [0.717, 1.165) is 30.4 Å². The number of hydrogen-bond acceptors (Lipinski definition) is 2. The van der Waals surface area contributed by atoms with Gasteiger partial charge >= 0.3 is 0 Å². The smallest absolute Gasteiger partial charge is 0.219 e. The molecule has 34 heavy (non-hydrogen) atoms. The molecule has 0 bridgehead atoms. The Kier molecular flexibility index (Phi) is 30.3. The molecule has 206 valence electrons. The largest absolute Gasteiger partial charge is 1.00 e. The van der Waals surface area contributed by atoms with Crippen LogP contribution in [0.15, 0.2) is 0 Å². The van der Waals surface area contributed by atoms with Gasteiger partial charge in [-0.25, -0.2) is 0 Å². The maximum absolute atomic E-state index is 11.8. The molecular formula is C29H61IN2OS. The van der Waals surface area contributed by atoms with E-state index in [1.807, 2.05) is 0 Å². The zero-order valence-corrected chi connectivity index (χ0v) is 26.6. The molecule has 1 amide bonds. The van der Waals surface area contributed by atoms with E-state index in [-0.39, 0.29) is 29.9 Å². The minimum atomic E-state index is 0. The molecule has 0 heterocycles. The summed E-state index contributed by atoms with van der Waals surface area (Å²) in [5.74, 6) is 2.75. The van der Waals surface area contributed by atoms with Crippen LogP contribution in [0, 0.1) is 0 Å². The quantitative estimate of drug-likeness (QED) is 0.0809. The summed E-state index contributed by atoms with van der Waals surface area (Å²) >= 11 is 2.08. The van der Waals surface area contributed by atoms with Crippen molar-refractivity contribution < 1.29 is 33.3 Å². The lowest BCUT2D eigenvalue weighted by molar-refractivity contribution is -0.870. The van der Waals surface area contributed by atoms with E-state index < -0.39 is 0 Å². The van der Waals surface area contributed by atoms with Crippen LogP contribution >= 0.6 is 11.8 Å². The molecule has 0 spiro atoms. The van der Waals surface area contributed by atoms with Gasteiger partial charge in [-0.15, -0.1) is 0 Å². The number of amides is 1.